The fourth-order valence-corrected chi connectivity index (χ4v) is 3.29. The predicted molar refractivity (Wildman–Crippen MR) is 85.0 cm³/mol. The van der Waals surface area contributed by atoms with E-state index in [1.54, 1.807) is 11.5 Å². The molecule has 1 fully saturated rings. The zero-order chi connectivity index (χ0) is 16.7. The molecule has 3 rings (SSSR count). The van der Waals surface area contributed by atoms with Crippen LogP contribution >= 0.6 is 15.9 Å². The van der Waals surface area contributed by atoms with Gasteiger partial charge in [-0.1, -0.05) is 15.9 Å². The third-order valence-corrected chi connectivity index (χ3v) is 4.40. The molecule has 0 amide bonds. The third-order valence-electron chi connectivity index (χ3n) is 3.87. The lowest BCUT2D eigenvalue weighted by Crippen LogP contribution is -2.25. The van der Waals surface area contributed by atoms with Gasteiger partial charge in [0.25, 0.3) is 0 Å². The molecule has 2 aromatic rings. The minimum absolute atomic E-state index is 0.0106. The highest BCUT2D eigenvalue weighted by Crippen LogP contribution is 2.39. The second-order valence-corrected chi connectivity index (χ2v) is 5.95. The molecule has 122 valence electrons. The standard InChI is InChI=1S/C16H14BrF2NO3/c1-2-23-16(22)14-13(7-17)20(8-3-4-8)12-6-11(19)10(18)5-9(12)15(14)21/h5-6,8H,2-4,7H2,1H3. The van der Waals surface area contributed by atoms with E-state index in [0.29, 0.717) is 11.2 Å². The van der Waals surface area contributed by atoms with Crippen molar-refractivity contribution in [2.24, 2.45) is 0 Å². The van der Waals surface area contributed by atoms with E-state index in [1.807, 2.05) is 0 Å². The molecule has 0 unspecified atom stereocenters. The summed E-state index contributed by atoms with van der Waals surface area (Å²) in [4.78, 5) is 24.9. The highest BCUT2D eigenvalue weighted by molar-refractivity contribution is 9.08. The highest BCUT2D eigenvalue weighted by Gasteiger charge is 2.31. The summed E-state index contributed by atoms with van der Waals surface area (Å²) in [6.45, 7) is 1.76. The number of esters is 1. The van der Waals surface area contributed by atoms with Crippen LogP contribution in [0.3, 0.4) is 0 Å². The van der Waals surface area contributed by atoms with Gasteiger partial charge in [0.15, 0.2) is 11.6 Å². The minimum Gasteiger partial charge on any atom is -0.462 e. The largest absolute Gasteiger partial charge is 0.462 e. The number of carbonyl (C=O) groups is 1. The van der Waals surface area contributed by atoms with E-state index in [4.69, 9.17) is 4.74 Å². The van der Waals surface area contributed by atoms with Crippen LogP contribution in [0.1, 0.15) is 41.9 Å². The van der Waals surface area contributed by atoms with Gasteiger partial charge >= 0.3 is 5.97 Å². The summed E-state index contributed by atoms with van der Waals surface area (Å²) < 4.78 is 34.0. The molecule has 0 bridgehead atoms. The van der Waals surface area contributed by atoms with Crippen molar-refractivity contribution >= 4 is 32.8 Å². The smallest absolute Gasteiger partial charge is 0.343 e. The summed E-state index contributed by atoms with van der Waals surface area (Å²) in [5.74, 6) is -2.87. The number of alkyl halides is 1. The molecule has 7 heteroatoms. The molecule has 0 atom stereocenters. The molecule has 1 saturated carbocycles. The summed E-state index contributed by atoms with van der Waals surface area (Å²) in [6.07, 6.45) is 1.72. The number of nitrogens with zero attached hydrogens (tertiary/aromatic N) is 1. The lowest BCUT2D eigenvalue weighted by Gasteiger charge is -2.18. The molecule has 1 heterocycles. The van der Waals surface area contributed by atoms with E-state index in [1.165, 1.54) is 0 Å². The van der Waals surface area contributed by atoms with Crippen LogP contribution in [-0.4, -0.2) is 17.1 Å². The zero-order valence-electron chi connectivity index (χ0n) is 12.4. The van der Waals surface area contributed by atoms with Gasteiger partial charge in [0.05, 0.1) is 12.1 Å². The zero-order valence-corrected chi connectivity index (χ0v) is 14.0. The van der Waals surface area contributed by atoms with E-state index in [9.17, 15) is 18.4 Å². The van der Waals surface area contributed by atoms with Gasteiger partial charge in [0, 0.05) is 28.5 Å². The monoisotopic (exact) mass is 385 g/mol. The summed E-state index contributed by atoms with van der Waals surface area (Å²) >= 11 is 3.29. The van der Waals surface area contributed by atoms with Crippen LogP contribution in [0.5, 0.6) is 0 Å². The Hall–Kier alpha value is -1.76. The Labute approximate surface area is 139 Å². The number of halogens is 3. The van der Waals surface area contributed by atoms with Crippen molar-refractivity contribution in [1.29, 1.82) is 0 Å². The molecule has 1 aromatic heterocycles. The van der Waals surface area contributed by atoms with Crippen LogP contribution in [0.2, 0.25) is 0 Å². The van der Waals surface area contributed by atoms with Gasteiger partial charge in [0.2, 0.25) is 5.43 Å². The van der Waals surface area contributed by atoms with Crippen molar-refractivity contribution in [1.82, 2.24) is 4.57 Å². The summed E-state index contributed by atoms with van der Waals surface area (Å²) in [6, 6.07) is 1.95. The van der Waals surface area contributed by atoms with E-state index < -0.39 is 23.0 Å². The van der Waals surface area contributed by atoms with Gasteiger partial charge in [0.1, 0.15) is 5.56 Å². The fourth-order valence-electron chi connectivity index (χ4n) is 2.74. The Morgan fingerprint density at radius 3 is 2.57 bits per heavy atom. The fraction of sp³-hybridized carbons (Fsp3) is 0.375. The van der Waals surface area contributed by atoms with E-state index in [2.05, 4.69) is 15.9 Å². The number of hydrogen-bond donors (Lipinski definition) is 0. The number of ether oxygens (including phenoxy) is 1. The van der Waals surface area contributed by atoms with Gasteiger partial charge in [-0.25, -0.2) is 13.6 Å². The molecule has 1 aromatic carbocycles. The molecule has 0 radical (unpaired) electrons. The maximum Gasteiger partial charge on any atom is 0.343 e. The number of hydrogen-bond acceptors (Lipinski definition) is 3. The summed E-state index contributed by atoms with van der Waals surface area (Å²) in [7, 11) is 0. The van der Waals surface area contributed by atoms with E-state index >= 15 is 0 Å². The van der Waals surface area contributed by atoms with Gasteiger partial charge in [-0.2, -0.15) is 0 Å². The van der Waals surface area contributed by atoms with Crippen LogP contribution < -0.4 is 5.43 Å². The number of pyridine rings is 1. The number of aromatic nitrogens is 1. The van der Waals surface area contributed by atoms with Crippen LogP contribution in [0, 0.1) is 11.6 Å². The first-order valence-electron chi connectivity index (χ1n) is 7.28. The molecular weight excluding hydrogens is 372 g/mol. The number of carbonyl (C=O) groups excluding carboxylic acids is 1. The van der Waals surface area contributed by atoms with Gasteiger partial charge < -0.3 is 9.30 Å². The van der Waals surface area contributed by atoms with Crippen molar-refractivity contribution in [2.45, 2.75) is 31.1 Å². The molecule has 23 heavy (non-hydrogen) atoms. The highest BCUT2D eigenvalue weighted by atomic mass is 79.9. The van der Waals surface area contributed by atoms with Crippen LogP contribution in [0.25, 0.3) is 10.9 Å². The summed E-state index contributed by atoms with van der Waals surface area (Å²) in [5.41, 5.74) is -0.00816. The second kappa shape index (κ2) is 6.03. The molecule has 0 N–H and O–H groups in total. The molecule has 0 aliphatic heterocycles. The van der Waals surface area contributed by atoms with Crippen molar-refractivity contribution in [3.8, 4) is 0 Å². The lowest BCUT2D eigenvalue weighted by molar-refractivity contribution is 0.0523. The SMILES string of the molecule is CCOC(=O)c1c(CBr)n(C2CC2)c2cc(F)c(F)cc2c1=O. The number of fused-ring (bicyclic) bond motifs is 1. The predicted octanol–water partition coefficient (Wildman–Crippen LogP) is 3.69. The quantitative estimate of drug-likeness (QED) is 0.595. The summed E-state index contributed by atoms with van der Waals surface area (Å²) in [5, 5.41) is 0.227. The average molecular weight is 386 g/mol. The number of benzene rings is 1. The van der Waals surface area contributed by atoms with Gasteiger partial charge in [-0.3, -0.25) is 4.79 Å². The molecule has 1 aliphatic rings. The number of rotatable bonds is 4. The van der Waals surface area contributed by atoms with Crippen molar-refractivity contribution in [3.63, 3.8) is 0 Å². The first-order chi connectivity index (χ1) is 11.0. The van der Waals surface area contributed by atoms with E-state index in [0.717, 1.165) is 25.0 Å². The van der Waals surface area contributed by atoms with Gasteiger partial charge in [-0.05, 0) is 25.8 Å². The van der Waals surface area contributed by atoms with Crippen LogP contribution in [0.4, 0.5) is 8.78 Å². The Morgan fingerprint density at radius 1 is 1.35 bits per heavy atom. The average Bonchev–Trinajstić information content (AvgIpc) is 3.33. The Morgan fingerprint density at radius 2 is 2.00 bits per heavy atom. The second-order valence-electron chi connectivity index (χ2n) is 5.39. The Kier molecular flexibility index (Phi) is 4.23. The van der Waals surface area contributed by atoms with Crippen molar-refractivity contribution < 1.29 is 18.3 Å². The van der Waals surface area contributed by atoms with Crippen LogP contribution in [0.15, 0.2) is 16.9 Å². The Bertz CT molecular complexity index is 859. The first-order valence-corrected chi connectivity index (χ1v) is 8.41. The lowest BCUT2D eigenvalue weighted by atomic mass is 10.1. The maximum absolute atomic E-state index is 13.7. The molecule has 1 aliphatic carbocycles. The minimum atomic E-state index is -1.11. The normalized spacial score (nSPS) is 14.3. The van der Waals surface area contributed by atoms with Crippen molar-refractivity contribution in [2.75, 3.05) is 6.61 Å². The molecule has 4 nitrogen and oxygen atoms in total. The Balaban J connectivity index is 2.43. The van der Waals surface area contributed by atoms with Crippen molar-refractivity contribution in [3.05, 3.63) is 45.2 Å². The third kappa shape index (κ3) is 2.67. The molecule has 0 spiro atoms. The maximum atomic E-state index is 13.7. The first kappa shape index (κ1) is 16.1. The van der Waals surface area contributed by atoms with Crippen LogP contribution in [-0.2, 0) is 10.1 Å². The van der Waals surface area contributed by atoms with E-state index in [-0.39, 0.29) is 28.9 Å². The molecule has 0 saturated heterocycles. The molecular formula is C16H14BrF2NO3. The van der Waals surface area contributed by atoms with Gasteiger partial charge in [-0.15, -0.1) is 0 Å². The topological polar surface area (TPSA) is 48.3 Å².